The van der Waals surface area contributed by atoms with Crippen LogP contribution in [0.5, 0.6) is 0 Å². The molecule has 2 aliphatic heterocycles. The van der Waals surface area contributed by atoms with Gasteiger partial charge in [-0.2, -0.15) is 0 Å². The SMILES string of the molecule is O=C(Nc1ccccc1)c1cc2cc3c4c(c2oc1=Nc1ccc(F)cc1)CCCN4CCC3. The summed E-state index contributed by atoms with van der Waals surface area (Å²) in [5, 5.41) is 3.85. The fourth-order valence-electron chi connectivity index (χ4n) is 5.05. The largest absolute Gasteiger partial charge is 0.437 e. The summed E-state index contributed by atoms with van der Waals surface area (Å²) in [6, 6.07) is 19.2. The van der Waals surface area contributed by atoms with Gasteiger partial charge < -0.3 is 14.6 Å². The van der Waals surface area contributed by atoms with Crippen LogP contribution in [0, 0.1) is 5.82 Å². The van der Waals surface area contributed by atoms with Crippen molar-refractivity contribution >= 4 is 33.9 Å². The molecule has 6 heteroatoms. The molecule has 3 heterocycles. The van der Waals surface area contributed by atoms with Crippen LogP contribution in [0.4, 0.5) is 21.5 Å². The zero-order chi connectivity index (χ0) is 23.1. The van der Waals surface area contributed by atoms with E-state index in [4.69, 9.17) is 4.42 Å². The number of benzene rings is 3. The van der Waals surface area contributed by atoms with Crippen molar-refractivity contribution in [3.8, 4) is 0 Å². The first kappa shape index (κ1) is 20.7. The molecule has 1 aromatic heterocycles. The van der Waals surface area contributed by atoms with Gasteiger partial charge in [-0.05, 0) is 79.8 Å². The highest BCUT2D eigenvalue weighted by atomic mass is 19.1. The standard InChI is InChI=1S/C28H24FN3O2/c29-20-10-12-22(13-11-20)31-28-24(27(33)30-21-7-2-1-3-8-21)17-19-16-18-6-4-14-32-15-5-9-23(25(18)32)26(19)34-28/h1-3,7-8,10-13,16-17H,4-6,9,14-15H2,(H,30,33). The van der Waals surface area contributed by atoms with Crippen LogP contribution < -0.4 is 15.8 Å². The van der Waals surface area contributed by atoms with Gasteiger partial charge in [-0.3, -0.25) is 4.79 Å². The lowest BCUT2D eigenvalue weighted by Crippen LogP contribution is -2.34. The number of hydrogen-bond donors (Lipinski definition) is 1. The minimum absolute atomic E-state index is 0.219. The second-order valence-corrected chi connectivity index (χ2v) is 8.85. The fraction of sp³-hybridized carbons (Fsp3) is 0.214. The summed E-state index contributed by atoms with van der Waals surface area (Å²) >= 11 is 0. The quantitative estimate of drug-likeness (QED) is 0.429. The van der Waals surface area contributed by atoms with Crippen LogP contribution in [0.15, 0.2) is 76.1 Å². The third kappa shape index (κ3) is 3.75. The number of halogens is 1. The van der Waals surface area contributed by atoms with E-state index in [0.29, 0.717) is 16.9 Å². The number of anilines is 2. The molecule has 0 spiro atoms. The molecule has 2 aliphatic rings. The molecule has 5 nitrogen and oxygen atoms in total. The molecule has 6 rings (SSSR count). The van der Waals surface area contributed by atoms with Gasteiger partial charge in [0.2, 0.25) is 5.55 Å². The van der Waals surface area contributed by atoms with E-state index < -0.39 is 0 Å². The van der Waals surface area contributed by atoms with E-state index in [1.165, 1.54) is 28.9 Å². The second-order valence-electron chi connectivity index (χ2n) is 8.85. The maximum atomic E-state index is 13.5. The van der Waals surface area contributed by atoms with Crippen LogP contribution in [0.1, 0.15) is 34.3 Å². The Balaban J connectivity index is 1.56. The van der Waals surface area contributed by atoms with E-state index in [-0.39, 0.29) is 17.3 Å². The van der Waals surface area contributed by atoms with Gasteiger partial charge >= 0.3 is 0 Å². The van der Waals surface area contributed by atoms with E-state index in [1.54, 1.807) is 12.1 Å². The molecule has 170 valence electrons. The number of carbonyl (C=O) groups excluding carboxylic acids is 1. The van der Waals surface area contributed by atoms with Gasteiger partial charge in [-0.15, -0.1) is 0 Å². The molecule has 0 bridgehead atoms. The van der Waals surface area contributed by atoms with E-state index in [9.17, 15) is 9.18 Å². The fourth-order valence-corrected chi connectivity index (χ4v) is 5.05. The average molecular weight is 454 g/mol. The number of rotatable bonds is 3. The summed E-state index contributed by atoms with van der Waals surface area (Å²) in [5.41, 5.74) is 6.37. The van der Waals surface area contributed by atoms with E-state index >= 15 is 0 Å². The summed E-state index contributed by atoms with van der Waals surface area (Å²) < 4.78 is 19.9. The monoisotopic (exact) mass is 453 g/mol. The van der Waals surface area contributed by atoms with Crippen molar-refractivity contribution in [3.63, 3.8) is 0 Å². The third-order valence-corrected chi connectivity index (χ3v) is 6.56. The number of nitrogens with one attached hydrogen (secondary N) is 1. The summed E-state index contributed by atoms with van der Waals surface area (Å²) in [6.07, 6.45) is 4.17. The van der Waals surface area contributed by atoms with Crippen molar-refractivity contribution in [1.29, 1.82) is 0 Å². The number of aryl methyl sites for hydroxylation is 2. The Morgan fingerprint density at radius 2 is 1.74 bits per heavy atom. The first-order valence-corrected chi connectivity index (χ1v) is 11.7. The van der Waals surface area contributed by atoms with Crippen molar-refractivity contribution in [2.75, 3.05) is 23.3 Å². The van der Waals surface area contributed by atoms with Gasteiger partial charge in [0.05, 0.1) is 5.69 Å². The summed E-state index contributed by atoms with van der Waals surface area (Å²) in [6.45, 7) is 2.13. The highest BCUT2D eigenvalue weighted by Crippen LogP contribution is 2.39. The van der Waals surface area contributed by atoms with Gasteiger partial charge in [0.15, 0.2) is 0 Å². The molecule has 0 atom stereocenters. The maximum Gasteiger partial charge on any atom is 0.261 e. The average Bonchev–Trinajstić information content (AvgIpc) is 2.86. The molecule has 1 amide bonds. The van der Waals surface area contributed by atoms with Crippen LogP contribution in [-0.4, -0.2) is 19.0 Å². The highest BCUT2D eigenvalue weighted by molar-refractivity contribution is 6.06. The lowest BCUT2D eigenvalue weighted by molar-refractivity contribution is 0.102. The topological polar surface area (TPSA) is 57.8 Å². The third-order valence-electron chi connectivity index (χ3n) is 6.56. The lowest BCUT2D eigenvalue weighted by Gasteiger charge is -2.37. The summed E-state index contributed by atoms with van der Waals surface area (Å²) in [5.74, 6) is -0.640. The lowest BCUT2D eigenvalue weighted by atomic mass is 9.90. The van der Waals surface area contributed by atoms with Crippen LogP contribution >= 0.6 is 0 Å². The van der Waals surface area contributed by atoms with Crippen LogP contribution in [0.25, 0.3) is 11.0 Å². The molecular formula is C28H24FN3O2. The zero-order valence-electron chi connectivity index (χ0n) is 18.7. The number of hydrogen-bond acceptors (Lipinski definition) is 4. The normalized spacial score (nSPS) is 15.3. The van der Waals surface area contributed by atoms with Crippen LogP contribution in [0.3, 0.4) is 0 Å². The first-order valence-electron chi connectivity index (χ1n) is 11.7. The van der Waals surface area contributed by atoms with E-state index in [1.807, 2.05) is 36.4 Å². The van der Waals surface area contributed by atoms with Crippen molar-refractivity contribution in [1.82, 2.24) is 0 Å². The Kier molecular flexibility index (Phi) is 5.13. The Morgan fingerprint density at radius 3 is 2.53 bits per heavy atom. The van der Waals surface area contributed by atoms with Crippen molar-refractivity contribution in [3.05, 3.63) is 94.8 Å². The molecule has 1 N–H and O–H groups in total. The molecular weight excluding hydrogens is 429 g/mol. The minimum Gasteiger partial charge on any atom is -0.437 e. The van der Waals surface area contributed by atoms with Gasteiger partial charge in [-0.1, -0.05) is 18.2 Å². The molecule has 3 aromatic carbocycles. The minimum atomic E-state index is -0.340. The molecule has 0 aliphatic carbocycles. The first-order chi connectivity index (χ1) is 16.7. The molecule has 34 heavy (non-hydrogen) atoms. The molecule has 0 fully saturated rings. The number of carbonyl (C=O) groups is 1. The van der Waals surface area contributed by atoms with Gasteiger partial charge in [-0.25, -0.2) is 9.38 Å². The summed E-state index contributed by atoms with van der Waals surface area (Å²) in [4.78, 5) is 20.4. The van der Waals surface area contributed by atoms with Crippen LogP contribution in [0.2, 0.25) is 0 Å². The van der Waals surface area contributed by atoms with Gasteiger partial charge in [0, 0.05) is 35.4 Å². The second kappa shape index (κ2) is 8.45. The molecule has 0 unspecified atom stereocenters. The number of fused-ring (bicyclic) bond motifs is 2. The van der Waals surface area contributed by atoms with Gasteiger partial charge in [0.1, 0.15) is 17.0 Å². The van der Waals surface area contributed by atoms with Crippen molar-refractivity contribution in [2.24, 2.45) is 4.99 Å². The number of para-hydroxylation sites is 1. The van der Waals surface area contributed by atoms with Crippen molar-refractivity contribution in [2.45, 2.75) is 25.7 Å². The van der Waals surface area contributed by atoms with E-state index in [0.717, 1.165) is 49.7 Å². The zero-order valence-corrected chi connectivity index (χ0v) is 18.7. The van der Waals surface area contributed by atoms with Gasteiger partial charge in [0.25, 0.3) is 5.91 Å². The number of amides is 1. The Hall–Kier alpha value is -3.93. The molecule has 4 aromatic rings. The Bertz CT molecular complexity index is 1460. The molecule has 0 radical (unpaired) electrons. The van der Waals surface area contributed by atoms with E-state index in [2.05, 4.69) is 21.3 Å². The van der Waals surface area contributed by atoms with Crippen molar-refractivity contribution < 1.29 is 13.6 Å². The number of nitrogens with zero attached hydrogens (tertiary/aromatic N) is 2. The maximum absolute atomic E-state index is 13.5. The predicted octanol–water partition coefficient (Wildman–Crippen LogP) is 5.76. The summed E-state index contributed by atoms with van der Waals surface area (Å²) in [7, 11) is 0. The molecule has 0 saturated heterocycles. The Morgan fingerprint density at radius 1 is 0.971 bits per heavy atom. The predicted molar refractivity (Wildman–Crippen MR) is 131 cm³/mol. The van der Waals surface area contributed by atoms with Crippen LogP contribution in [-0.2, 0) is 12.8 Å². The molecule has 0 saturated carbocycles. The smallest absolute Gasteiger partial charge is 0.261 e. The highest BCUT2D eigenvalue weighted by Gasteiger charge is 2.27. The Labute approximate surface area is 196 Å².